The van der Waals surface area contributed by atoms with E-state index in [2.05, 4.69) is 22.0 Å². The Morgan fingerprint density at radius 3 is 2.53 bits per heavy atom. The Bertz CT molecular complexity index is 273. The number of hydrogen-bond donors (Lipinski definition) is 1. The van der Waals surface area contributed by atoms with Crippen molar-refractivity contribution in [1.82, 2.24) is 15.1 Å². The maximum atomic E-state index is 3.98. The lowest BCUT2D eigenvalue weighted by atomic mass is 9.95. The molecular weight excluding hydrogens is 234 g/mol. The maximum absolute atomic E-state index is 3.98. The van der Waals surface area contributed by atoms with Gasteiger partial charge in [0.1, 0.15) is 0 Å². The highest BCUT2D eigenvalue weighted by Crippen LogP contribution is 2.27. The van der Waals surface area contributed by atoms with Crippen molar-refractivity contribution < 1.29 is 0 Å². The number of piperidine rings is 2. The van der Waals surface area contributed by atoms with E-state index in [0.29, 0.717) is 0 Å². The van der Waals surface area contributed by atoms with Gasteiger partial charge in [-0.05, 0) is 77.7 Å². The van der Waals surface area contributed by atoms with Crippen molar-refractivity contribution in [1.29, 1.82) is 0 Å². The Morgan fingerprint density at radius 2 is 1.74 bits per heavy atom. The number of nitrogens with one attached hydrogen (secondary N) is 1. The Kier molecular flexibility index (Phi) is 4.78. The van der Waals surface area contributed by atoms with E-state index in [1.54, 1.807) is 0 Å². The van der Waals surface area contributed by atoms with Crippen molar-refractivity contribution in [3.8, 4) is 0 Å². The van der Waals surface area contributed by atoms with Crippen molar-refractivity contribution in [2.24, 2.45) is 0 Å². The molecule has 3 rings (SSSR count). The first-order valence-corrected chi connectivity index (χ1v) is 8.57. The number of fused-ring (bicyclic) bond motifs is 1. The molecule has 1 N–H and O–H groups in total. The molecule has 0 aromatic rings. The lowest BCUT2D eigenvalue weighted by molar-refractivity contribution is 0.141. The lowest BCUT2D eigenvalue weighted by Gasteiger charge is -2.39. The van der Waals surface area contributed by atoms with Crippen LogP contribution in [0.15, 0.2) is 0 Å². The third kappa shape index (κ3) is 3.50. The minimum absolute atomic E-state index is 0.797. The number of likely N-dealkylation sites (tertiary alicyclic amines) is 1. The van der Waals surface area contributed by atoms with Crippen molar-refractivity contribution in [2.45, 2.75) is 70.0 Å². The van der Waals surface area contributed by atoms with Gasteiger partial charge in [0.2, 0.25) is 0 Å². The molecule has 3 heteroatoms. The van der Waals surface area contributed by atoms with Gasteiger partial charge in [0.05, 0.1) is 0 Å². The first-order chi connectivity index (χ1) is 9.35. The van der Waals surface area contributed by atoms with Gasteiger partial charge in [-0.3, -0.25) is 0 Å². The summed E-state index contributed by atoms with van der Waals surface area (Å²) in [6.45, 7) is 8.93. The van der Waals surface area contributed by atoms with E-state index in [9.17, 15) is 0 Å². The maximum Gasteiger partial charge on any atom is 0.0111 e. The van der Waals surface area contributed by atoms with E-state index in [4.69, 9.17) is 0 Å². The van der Waals surface area contributed by atoms with Crippen LogP contribution in [0, 0.1) is 0 Å². The van der Waals surface area contributed by atoms with Crippen LogP contribution in [0.3, 0.4) is 0 Å². The summed E-state index contributed by atoms with van der Waals surface area (Å²) in [5, 5.41) is 3.98. The summed E-state index contributed by atoms with van der Waals surface area (Å²) in [5.41, 5.74) is 0. The van der Waals surface area contributed by atoms with Crippen LogP contribution in [0.2, 0.25) is 0 Å². The van der Waals surface area contributed by atoms with E-state index in [-0.39, 0.29) is 0 Å². The van der Waals surface area contributed by atoms with Gasteiger partial charge in [-0.25, -0.2) is 0 Å². The number of rotatable bonds is 4. The molecule has 3 nitrogen and oxygen atoms in total. The zero-order valence-electron chi connectivity index (χ0n) is 12.6. The van der Waals surface area contributed by atoms with Crippen LogP contribution < -0.4 is 5.32 Å². The molecule has 0 radical (unpaired) electrons. The fourth-order valence-electron chi connectivity index (χ4n) is 4.35. The summed E-state index contributed by atoms with van der Waals surface area (Å²) in [6, 6.07) is 2.51. The molecule has 2 atom stereocenters. The molecular formula is C16H31N3. The molecule has 110 valence electrons. The van der Waals surface area contributed by atoms with Crippen LogP contribution in [0.25, 0.3) is 0 Å². The first-order valence-electron chi connectivity index (χ1n) is 8.57. The molecule has 3 fully saturated rings. The first kappa shape index (κ1) is 13.8. The lowest BCUT2D eigenvalue weighted by Crippen LogP contribution is -2.51. The molecule has 3 saturated heterocycles. The van der Waals surface area contributed by atoms with Gasteiger partial charge in [-0.1, -0.05) is 6.92 Å². The number of nitrogens with zero attached hydrogens (tertiary/aromatic N) is 2. The normalized spacial score (nSPS) is 34.6. The van der Waals surface area contributed by atoms with Gasteiger partial charge in [-0.2, -0.15) is 0 Å². The van der Waals surface area contributed by atoms with Crippen LogP contribution in [-0.4, -0.2) is 60.6 Å². The summed E-state index contributed by atoms with van der Waals surface area (Å²) in [5.74, 6) is 0. The van der Waals surface area contributed by atoms with E-state index >= 15 is 0 Å². The second-order valence-corrected chi connectivity index (χ2v) is 6.84. The Morgan fingerprint density at radius 1 is 0.947 bits per heavy atom. The summed E-state index contributed by atoms with van der Waals surface area (Å²) in [6.07, 6.45) is 9.72. The van der Waals surface area contributed by atoms with Crippen molar-refractivity contribution in [2.75, 3.05) is 32.7 Å². The molecule has 0 aromatic heterocycles. The summed E-state index contributed by atoms with van der Waals surface area (Å²) in [7, 11) is 0. The molecule has 3 heterocycles. The summed E-state index contributed by atoms with van der Waals surface area (Å²) >= 11 is 0. The number of hydrogen-bond acceptors (Lipinski definition) is 3. The van der Waals surface area contributed by atoms with Crippen molar-refractivity contribution in [3.63, 3.8) is 0 Å². The average Bonchev–Trinajstić information content (AvgIpc) is 2.89. The molecule has 0 spiro atoms. The smallest absolute Gasteiger partial charge is 0.0111 e. The quantitative estimate of drug-likeness (QED) is 0.839. The van der Waals surface area contributed by atoms with Gasteiger partial charge < -0.3 is 15.1 Å². The zero-order chi connectivity index (χ0) is 13.1. The Labute approximate surface area is 118 Å². The summed E-state index contributed by atoms with van der Waals surface area (Å²) < 4.78 is 0. The molecule has 0 amide bonds. The highest BCUT2D eigenvalue weighted by Gasteiger charge is 2.32. The standard InChI is InChI=1S/C16H31N3/c1-2-8-18-10-5-14(6-11-18)17-15-7-12-19-9-3-4-16(19)13-15/h14-17H,2-13H2,1H3. The fraction of sp³-hybridized carbons (Fsp3) is 1.00. The minimum atomic E-state index is 0.797. The van der Waals surface area contributed by atoms with E-state index in [1.807, 2.05) is 0 Å². The SMILES string of the molecule is CCCN1CCC(NC2CCN3CCCC3C2)CC1. The predicted octanol–water partition coefficient (Wildman–Crippen LogP) is 2.08. The van der Waals surface area contributed by atoms with Gasteiger partial charge in [0.25, 0.3) is 0 Å². The molecule has 3 aliphatic rings. The topological polar surface area (TPSA) is 18.5 Å². The Hall–Kier alpha value is -0.120. The molecule has 0 aliphatic carbocycles. The van der Waals surface area contributed by atoms with E-state index in [0.717, 1.165) is 18.1 Å². The average molecular weight is 265 g/mol. The molecule has 0 saturated carbocycles. The highest BCUT2D eigenvalue weighted by molar-refractivity contribution is 4.91. The molecule has 19 heavy (non-hydrogen) atoms. The molecule has 3 aliphatic heterocycles. The predicted molar refractivity (Wildman–Crippen MR) is 80.5 cm³/mol. The van der Waals surface area contributed by atoms with Crippen LogP contribution in [0.5, 0.6) is 0 Å². The van der Waals surface area contributed by atoms with Crippen molar-refractivity contribution >= 4 is 0 Å². The second kappa shape index (κ2) is 6.55. The monoisotopic (exact) mass is 265 g/mol. The van der Waals surface area contributed by atoms with Gasteiger partial charge in [0.15, 0.2) is 0 Å². The second-order valence-electron chi connectivity index (χ2n) is 6.84. The van der Waals surface area contributed by atoms with Crippen molar-refractivity contribution in [3.05, 3.63) is 0 Å². The molecule has 0 aromatic carbocycles. The van der Waals surface area contributed by atoms with Crippen LogP contribution in [0.4, 0.5) is 0 Å². The Balaban J connectivity index is 1.40. The van der Waals surface area contributed by atoms with E-state index < -0.39 is 0 Å². The fourth-order valence-corrected chi connectivity index (χ4v) is 4.35. The summed E-state index contributed by atoms with van der Waals surface area (Å²) in [4.78, 5) is 5.36. The van der Waals surface area contributed by atoms with Gasteiger partial charge in [0, 0.05) is 18.1 Å². The van der Waals surface area contributed by atoms with Crippen LogP contribution >= 0.6 is 0 Å². The van der Waals surface area contributed by atoms with Gasteiger partial charge >= 0.3 is 0 Å². The van der Waals surface area contributed by atoms with Gasteiger partial charge in [-0.15, -0.1) is 0 Å². The van der Waals surface area contributed by atoms with Crippen LogP contribution in [0.1, 0.15) is 51.9 Å². The molecule has 0 bridgehead atoms. The zero-order valence-corrected chi connectivity index (χ0v) is 12.6. The van der Waals surface area contributed by atoms with Crippen LogP contribution in [-0.2, 0) is 0 Å². The third-order valence-electron chi connectivity index (χ3n) is 5.42. The third-order valence-corrected chi connectivity index (χ3v) is 5.42. The minimum Gasteiger partial charge on any atom is -0.311 e. The highest BCUT2D eigenvalue weighted by atomic mass is 15.2. The van der Waals surface area contributed by atoms with E-state index in [1.165, 1.54) is 77.7 Å². The largest absolute Gasteiger partial charge is 0.311 e. The molecule has 2 unspecified atom stereocenters.